The Morgan fingerprint density at radius 2 is 2.29 bits per heavy atom. The maximum Gasteiger partial charge on any atom is 0.438 e. The summed E-state index contributed by atoms with van der Waals surface area (Å²) in [4.78, 5) is 28.8. The van der Waals surface area contributed by atoms with Crippen LogP contribution in [0.15, 0.2) is 17.7 Å². The molecule has 0 aromatic carbocycles. The predicted molar refractivity (Wildman–Crippen MR) is 58.7 cm³/mol. The molecule has 0 bridgehead atoms. The Morgan fingerprint density at radius 1 is 1.53 bits per heavy atom. The van der Waals surface area contributed by atoms with Crippen molar-refractivity contribution >= 4 is 18.0 Å². The van der Waals surface area contributed by atoms with Crippen molar-refractivity contribution in [1.82, 2.24) is 9.97 Å². The standard InChI is InChI=1S/C9H12N4O4/c1-4-12-17-8-7(5-10-6-11-8)13(16-3)9(14)15-2/h4-6H,1-3H3. The van der Waals surface area contributed by atoms with Crippen LogP contribution < -0.4 is 9.90 Å². The molecule has 0 spiro atoms. The first kappa shape index (κ1) is 12.8. The van der Waals surface area contributed by atoms with Crippen LogP contribution in [0.4, 0.5) is 10.5 Å². The van der Waals surface area contributed by atoms with Gasteiger partial charge in [-0.05, 0) is 6.92 Å². The van der Waals surface area contributed by atoms with Crippen LogP contribution in [0.25, 0.3) is 0 Å². The Labute approximate surface area is 97.8 Å². The van der Waals surface area contributed by atoms with Crippen LogP contribution in [0.3, 0.4) is 0 Å². The molecule has 1 aromatic rings. The number of rotatable bonds is 4. The van der Waals surface area contributed by atoms with Gasteiger partial charge in [-0.25, -0.2) is 9.78 Å². The average Bonchev–Trinajstić information content (AvgIpc) is 2.38. The molecule has 1 amide bonds. The number of hydrogen-bond acceptors (Lipinski definition) is 7. The van der Waals surface area contributed by atoms with E-state index >= 15 is 0 Å². The molecule has 8 heteroatoms. The first-order chi connectivity index (χ1) is 8.24. The summed E-state index contributed by atoms with van der Waals surface area (Å²) in [6, 6.07) is 0. The summed E-state index contributed by atoms with van der Waals surface area (Å²) in [5.74, 6) is 0.0744. The van der Waals surface area contributed by atoms with E-state index in [2.05, 4.69) is 19.9 Å². The number of carbonyl (C=O) groups excluding carboxylic acids is 1. The lowest BCUT2D eigenvalue weighted by Crippen LogP contribution is -2.30. The van der Waals surface area contributed by atoms with Gasteiger partial charge in [0.15, 0.2) is 5.69 Å². The highest BCUT2D eigenvalue weighted by Gasteiger charge is 2.22. The fourth-order valence-corrected chi connectivity index (χ4v) is 0.977. The Bertz CT molecular complexity index is 410. The molecule has 17 heavy (non-hydrogen) atoms. The van der Waals surface area contributed by atoms with Gasteiger partial charge >= 0.3 is 6.09 Å². The number of methoxy groups -OCH3 is 1. The minimum Gasteiger partial charge on any atom is -0.451 e. The van der Waals surface area contributed by atoms with Crippen molar-refractivity contribution < 1.29 is 19.2 Å². The third-order valence-corrected chi connectivity index (χ3v) is 1.64. The van der Waals surface area contributed by atoms with Gasteiger partial charge in [0.25, 0.3) is 5.88 Å². The van der Waals surface area contributed by atoms with E-state index in [9.17, 15) is 4.79 Å². The summed E-state index contributed by atoms with van der Waals surface area (Å²) in [5.41, 5.74) is 0.187. The van der Waals surface area contributed by atoms with Crippen molar-refractivity contribution in [3.05, 3.63) is 12.5 Å². The Hall–Kier alpha value is -2.22. The zero-order valence-corrected chi connectivity index (χ0v) is 9.65. The maximum atomic E-state index is 11.4. The molecule has 1 heterocycles. The van der Waals surface area contributed by atoms with Crippen LogP contribution in [-0.4, -0.2) is 36.5 Å². The first-order valence-corrected chi connectivity index (χ1v) is 4.61. The van der Waals surface area contributed by atoms with E-state index in [1.807, 2.05) is 0 Å². The molecule has 0 atom stereocenters. The van der Waals surface area contributed by atoms with E-state index in [-0.39, 0.29) is 11.6 Å². The van der Waals surface area contributed by atoms with Gasteiger partial charge in [-0.15, -0.1) is 5.06 Å². The van der Waals surface area contributed by atoms with Crippen molar-refractivity contribution in [3.63, 3.8) is 0 Å². The fourth-order valence-electron chi connectivity index (χ4n) is 0.977. The molecule has 0 N–H and O–H groups in total. The van der Waals surface area contributed by atoms with Crippen LogP contribution in [0, 0.1) is 0 Å². The highest BCUT2D eigenvalue weighted by atomic mass is 16.7. The topological polar surface area (TPSA) is 86.1 Å². The van der Waals surface area contributed by atoms with Crippen molar-refractivity contribution in [1.29, 1.82) is 0 Å². The Morgan fingerprint density at radius 3 is 2.88 bits per heavy atom. The number of hydroxylamine groups is 1. The van der Waals surface area contributed by atoms with E-state index in [1.165, 1.54) is 33.0 Å². The third-order valence-electron chi connectivity index (χ3n) is 1.64. The van der Waals surface area contributed by atoms with Gasteiger partial charge in [-0.2, -0.15) is 4.98 Å². The zero-order valence-electron chi connectivity index (χ0n) is 9.65. The minimum absolute atomic E-state index is 0.0744. The molecular weight excluding hydrogens is 228 g/mol. The van der Waals surface area contributed by atoms with Gasteiger partial charge in [-0.1, -0.05) is 5.16 Å². The number of aromatic nitrogens is 2. The number of anilines is 1. The molecule has 92 valence electrons. The molecule has 1 aromatic heterocycles. The summed E-state index contributed by atoms with van der Waals surface area (Å²) >= 11 is 0. The average molecular weight is 240 g/mol. The first-order valence-electron chi connectivity index (χ1n) is 4.61. The number of ether oxygens (including phenoxy) is 1. The lowest BCUT2D eigenvalue weighted by Gasteiger charge is -2.18. The summed E-state index contributed by atoms with van der Waals surface area (Å²) in [6.45, 7) is 1.68. The highest BCUT2D eigenvalue weighted by Crippen LogP contribution is 2.25. The highest BCUT2D eigenvalue weighted by molar-refractivity contribution is 5.86. The van der Waals surface area contributed by atoms with Gasteiger partial charge in [0, 0.05) is 6.21 Å². The summed E-state index contributed by atoms with van der Waals surface area (Å²) in [6.07, 6.45) is 3.30. The SMILES string of the molecule is CC=NOc1ncncc1N(OC)C(=O)OC. The van der Waals surface area contributed by atoms with E-state index in [0.29, 0.717) is 0 Å². The Kier molecular flexibility index (Phi) is 4.82. The van der Waals surface area contributed by atoms with E-state index in [1.54, 1.807) is 6.92 Å². The lowest BCUT2D eigenvalue weighted by molar-refractivity contribution is 0.114. The lowest BCUT2D eigenvalue weighted by atomic mass is 10.5. The quantitative estimate of drug-likeness (QED) is 0.576. The number of carbonyl (C=O) groups is 1. The normalized spacial score (nSPS) is 10.3. The summed E-state index contributed by atoms with van der Waals surface area (Å²) in [5, 5.41) is 4.40. The second-order valence-corrected chi connectivity index (χ2v) is 2.62. The van der Waals surface area contributed by atoms with E-state index in [0.717, 1.165) is 5.06 Å². The van der Waals surface area contributed by atoms with Crippen LogP contribution >= 0.6 is 0 Å². The molecule has 0 aliphatic carbocycles. The molecule has 8 nitrogen and oxygen atoms in total. The monoisotopic (exact) mass is 240 g/mol. The molecule has 0 saturated carbocycles. The number of nitrogens with zero attached hydrogens (tertiary/aromatic N) is 4. The maximum absolute atomic E-state index is 11.4. The third kappa shape index (κ3) is 3.11. The summed E-state index contributed by atoms with van der Waals surface area (Å²) < 4.78 is 4.53. The van der Waals surface area contributed by atoms with Gasteiger partial charge in [0.05, 0.1) is 20.4 Å². The van der Waals surface area contributed by atoms with E-state index < -0.39 is 6.09 Å². The Balaban J connectivity index is 3.05. The van der Waals surface area contributed by atoms with Gasteiger partial charge in [-0.3, -0.25) is 4.84 Å². The van der Waals surface area contributed by atoms with Gasteiger partial charge < -0.3 is 9.57 Å². The van der Waals surface area contributed by atoms with Gasteiger partial charge in [0.2, 0.25) is 0 Å². The van der Waals surface area contributed by atoms with Crippen LogP contribution in [-0.2, 0) is 9.57 Å². The number of hydrogen-bond donors (Lipinski definition) is 0. The smallest absolute Gasteiger partial charge is 0.438 e. The molecule has 1 rings (SSSR count). The molecule has 0 saturated heterocycles. The molecule has 0 radical (unpaired) electrons. The fraction of sp³-hybridized carbons (Fsp3) is 0.333. The molecule has 0 aliphatic heterocycles. The molecule has 0 aliphatic rings. The van der Waals surface area contributed by atoms with Crippen molar-refractivity contribution in [2.24, 2.45) is 5.16 Å². The van der Waals surface area contributed by atoms with Crippen molar-refractivity contribution in [2.75, 3.05) is 19.3 Å². The second-order valence-electron chi connectivity index (χ2n) is 2.62. The predicted octanol–water partition coefficient (Wildman–Crippen LogP) is 0.995. The minimum atomic E-state index is -0.729. The van der Waals surface area contributed by atoms with Crippen molar-refractivity contribution in [3.8, 4) is 5.88 Å². The zero-order chi connectivity index (χ0) is 12.7. The number of amides is 1. The second kappa shape index (κ2) is 6.38. The summed E-state index contributed by atoms with van der Waals surface area (Å²) in [7, 11) is 2.53. The van der Waals surface area contributed by atoms with Crippen LogP contribution in [0.5, 0.6) is 5.88 Å². The van der Waals surface area contributed by atoms with Crippen LogP contribution in [0.1, 0.15) is 6.92 Å². The largest absolute Gasteiger partial charge is 0.451 e. The molecule has 0 unspecified atom stereocenters. The van der Waals surface area contributed by atoms with Crippen LogP contribution in [0.2, 0.25) is 0 Å². The van der Waals surface area contributed by atoms with E-state index in [4.69, 9.17) is 9.68 Å². The van der Waals surface area contributed by atoms with Crippen molar-refractivity contribution in [2.45, 2.75) is 6.92 Å². The number of oxime groups is 1. The molecule has 0 fully saturated rings. The van der Waals surface area contributed by atoms with Gasteiger partial charge in [0.1, 0.15) is 6.33 Å². The molecular formula is C9H12N4O4.